The summed E-state index contributed by atoms with van der Waals surface area (Å²) in [4.78, 5) is 20.2. The zero-order valence-corrected chi connectivity index (χ0v) is 10.9. The number of nitrogens with one attached hydrogen (secondary N) is 1. The van der Waals surface area contributed by atoms with E-state index in [9.17, 15) is 9.18 Å². The number of para-hydroxylation sites is 1. The van der Waals surface area contributed by atoms with Gasteiger partial charge >= 0.3 is 0 Å². The highest BCUT2D eigenvalue weighted by Gasteiger charge is 2.06. The molecule has 5 heteroatoms. The van der Waals surface area contributed by atoms with E-state index in [4.69, 9.17) is 4.84 Å². The molecule has 0 saturated carbocycles. The molecule has 0 fully saturated rings. The van der Waals surface area contributed by atoms with E-state index < -0.39 is 5.82 Å². The first kappa shape index (κ1) is 13.1. The van der Waals surface area contributed by atoms with Gasteiger partial charge in [-0.05, 0) is 30.3 Å². The maximum atomic E-state index is 13.7. The highest BCUT2D eigenvalue weighted by molar-refractivity contribution is 5.84. The second-order valence-corrected chi connectivity index (χ2v) is 4.39. The molecule has 1 aromatic heterocycles. The van der Waals surface area contributed by atoms with Crippen LogP contribution in [0.15, 0.2) is 54.7 Å². The molecular weight excluding hydrogens is 271 g/mol. The lowest BCUT2D eigenvalue weighted by Crippen LogP contribution is -2.07. The molecule has 0 aliphatic heterocycles. The van der Waals surface area contributed by atoms with Crippen LogP contribution in [0, 0.1) is 5.82 Å². The van der Waals surface area contributed by atoms with Gasteiger partial charge in [-0.3, -0.25) is 9.78 Å². The number of benzene rings is 2. The molecule has 0 radical (unpaired) electrons. The fraction of sp³-hybridized carbons (Fsp3) is 0. The van der Waals surface area contributed by atoms with Gasteiger partial charge in [0.25, 0.3) is 0 Å². The summed E-state index contributed by atoms with van der Waals surface area (Å²) in [5.74, 6) is -0.0697. The van der Waals surface area contributed by atoms with Crippen LogP contribution < -0.4 is 10.3 Å². The average molecular weight is 282 g/mol. The van der Waals surface area contributed by atoms with Crippen molar-refractivity contribution in [3.63, 3.8) is 0 Å². The van der Waals surface area contributed by atoms with Crippen LogP contribution >= 0.6 is 0 Å². The Morgan fingerprint density at radius 2 is 2.00 bits per heavy atom. The number of aldehydes is 1. The largest absolute Gasteiger partial charge is 0.380 e. The number of fused-ring (bicyclic) bond motifs is 1. The molecule has 0 amide bonds. The van der Waals surface area contributed by atoms with Crippen molar-refractivity contribution in [1.82, 2.24) is 4.98 Å². The Bertz CT molecular complexity index is 800. The Hall–Kier alpha value is -2.95. The molecule has 0 unspecified atom stereocenters. The van der Waals surface area contributed by atoms with Gasteiger partial charge in [0, 0.05) is 17.1 Å². The van der Waals surface area contributed by atoms with Crippen molar-refractivity contribution in [3.8, 4) is 5.75 Å². The number of anilines is 1. The molecule has 104 valence electrons. The number of nitrogens with zero attached hydrogens (tertiary/aromatic N) is 1. The van der Waals surface area contributed by atoms with Crippen LogP contribution in [0.2, 0.25) is 0 Å². The second kappa shape index (κ2) is 5.58. The van der Waals surface area contributed by atoms with Gasteiger partial charge in [-0.25, -0.2) is 9.87 Å². The third-order valence-electron chi connectivity index (χ3n) is 3.00. The SMILES string of the molecule is O=Cc1ccc(NOc2cccc3cccnc23)c(F)c1. The summed E-state index contributed by atoms with van der Waals surface area (Å²) < 4.78 is 13.7. The fourth-order valence-electron chi connectivity index (χ4n) is 1.96. The number of halogens is 1. The molecule has 0 saturated heterocycles. The van der Waals surface area contributed by atoms with Crippen LogP contribution in [0.25, 0.3) is 10.9 Å². The number of hydrogen-bond acceptors (Lipinski definition) is 4. The van der Waals surface area contributed by atoms with E-state index in [0.29, 0.717) is 17.6 Å². The highest BCUT2D eigenvalue weighted by atomic mass is 19.1. The van der Waals surface area contributed by atoms with Crippen molar-refractivity contribution in [2.45, 2.75) is 0 Å². The highest BCUT2D eigenvalue weighted by Crippen LogP contribution is 2.24. The van der Waals surface area contributed by atoms with Crippen molar-refractivity contribution < 1.29 is 14.0 Å². The smallest absolute Gasteiger partial charge is 0.181 e. The Kier molecular flexibility index (Phi) is 3.47. The number of carbonyl (C=O) groups excluding carboxylic acids is 1. The molecule has 0 bridgehead atoms. The van der Waals surface area contributed by atoms with Gasteiger partial charge in [0.05, 0.1) is 0 Å². The third kappa shape index (κ3) is 2.67. The van der Waals surface area contributed by atoms with Crippen LogP contribution in [0.4, 0.5) is 10.1 Å². The van der Waals surface area contributed by atoms with E-state index in [1.807, 2.05) is 24.3 Å². The van der Waals surface area contributed by atoms with Crippen molar-refractivity contribution in [2.24, 2.45) is 0 Å². The molecule has 1 heterocycles. The normalized spacial score (nSPS) is 10.3. The predicted octanol–water partition coefficient (Wildman–Crippen LogP) is 3.59. The van der Waals surface area contributed by atoms with E-state index in [1.165, 1.54) is 12.1 Å². The van der Waals surface area contributed by atoms with Crippen molar-refractivity contribution in [1.29, 1.82) is 0 Å². The summed E-state index contributed by atoms with van der Waals surface area (Å²) in [6.07, 6.45) is 2.25. The summed E-state index contributed by atoms with van der Waals surface area (Å²) in [6, 6.07) is 13.3. The van der Waals surface area contributed by atoms with Gasteiger partial charge in [0.15, 0.2) is 5.75 Å². The molecule has 0 atom stereocenters. The maximum absolute atomic E-state index is 13.7. The Labute approximate surface area is 120 Å². The molecular formula is C16H11FN2O2. The Morgan fingerprint density at radius 3 is 2.81 bits per heavy atom. The van der Waals surface area contributed by atoms with Crippen LogP contribution in [0.1, 0.15) is 10.4 Å². The third-order valence-corrected chi connectivity index (χ3v) is 3.00. The molecule has 0 aliphatic carbocycles. The van der Waals surface area contributed by atoms with Gasteiger partial charge in [0.2, 0.25) is 0 Å². The van der Waals surface area contributed by atoms with Crippen molar-refractivity contribution >= 4 is 22.9 Å². The monoisotopic (exact) mass is 282 g/mol. The van der Waals surface area contributed by atoms with Gasteiger partial charge in [-0.15, -0.1) is 0 Å². The van der Waals surface area contributed by atoms with Gasteiger partial charge in [0.1, 0.15) is 23.3 Å². The van der Waals surface area contributed by atoms with Crippen molar-refractivity contribution in [2.75, 3.05) is 5.48 Å². The minimum atomic E-state index is -0.562. The minimum Gasteiger partial charge on any atom is -0.380 e. The maximum Gasteiger partial charge on any atom is 0.181 e. The van der Waals surface area contributed by atoms with E-state index in [0.717, 1.165) is 11.5 Å². The van der Waals surface area contributed by atoms with E-state index in [-0.39, 0.29) is 11.3 Å². The van der Waals surface area contributed by atoms with E-state index in [2.05, 4.69) is 10.5 Å². The molecule has 21 heavy (non-hydrogen) atoms. The Morgan fingerprint density at radius 1 is 1.14 bits per heavy atom. The fourth-order valence-corrected chi connectivity index (χ4v) is 1.96. The summed E-state index contributed by atoms with van der Waals surface area (Å²) in [6.45, 7) is 0. The summed E-state index contributed by atoms with van der Waals surface area (Å²) in [5, 5.41) is 0.925. The molecule has 4 nitrogen and oxygen atoms in total. The first-order valence-electron chi connectivity index (χ1n) is 6.29. The number of hydrogen-bond donors (Lipinski definition) is 1. The predicted molar refractivity (Wildman–Crippen MR) is 77.8 cm³/mol. The lowest BCUT2D eigenvalue weighted by molar-refractivity contribution is 0.112. The number of pyridine rings is 1. The minimum absolute atomic E-state index is 0.147. The van der Waals surface area contributed by atoms with Crippen LogP contribution in [0.5, 0.6) is 5.75 Å². The summed E-state index contributed by atoms with van der Waals surface area (Å²) in [5.41, 5.74) is 3.64. The number of aromatic nitrogens is 1. The first-order valence-corrected chi connectivity index (χ1v) is 6.29. The molecule has 3 aromatic rings. The van der Waals surface area contributed by atoms with Crippen LogP contribution in [-0.2, 0) is 0 Å². The topological polar surface area (TPSA) is 51.2 Å². The lowest BCUT2D eigenvalue weighted by Gasteiger charge is -2.10. The van der Waals surface area contributed by atoms with Gasteiger partial charge in [-0.1, -0.05) is 18.2 Å². The van der Waals surface area contributed by atoms with Gasteiger partial charge in [-0.2, -0.15) is 0 Å². The number of carbonyl (C=O) groups is 1. The van der Waals surface area contributed by atoms with Crippen LogP contribution in [-0.4, -0.2) is 11.3 Å². The summed E-state index contributed by atoms with van der Waals surface area (Å²) in [7, 11) is 0. The molecule has 2 aromatic carbocycles. The van der Waals surface area contributed by atoms with Gasteiger partial charge < -0.3 is 4.84 Å². The Balaban J connectivity index is 1.85. The van der Waals surface area contributed by atoms with Crippen molar-refractivity contribution in [3.05, 3.63) is 66.1 Å². The zero-order valence-electron chi connectivity index (χ0n) is 10.9. The average Bonchev–Trinajstić information content (AvgIpc) is 2.53. The van der Waals surface area contributed by atoms with E-state index >= 15 is 0 Å². The van der Waals surface area contributed by atoms with Crippen LogP contribution in [0.3, 0.4) is 0 Å². The quantitative estimate of drug-likeness (QED) is 0.587. The molecule has 1 N–H and O–H groups in total. The summed E-state index contributed by atoms with van der Waals surface area (Å²) >= 11 is 0. The zero-order chi connectivity index (χ0) is 14.7. The lowest BCUT2D eigenvalue weighted by atomic mass is 10.2. The number of rotatable bonds is 4. The first-order chi connectivity index (χ1) is 10.3. The standard InChI is InChI=1S/C16H11FN2O2/c17-13-9-11(10-20)6-7-14(13)19-21-15-5-1-3-12-4-2-8-18-16(12)15/h1-10,19H. The molecule has 0 spiro atoms. The van der Waals surface area contributed by atoms with E-state index in [1.54, 1.807) is 12.3 Å². The molecule has 3 rings (SSSR count). The molecule has 0 aliphatic rings. The second-order valence-electron chi connectivity index (χ2n) is 4.39.